The predicted octanol–water partition coefficient (Wildman–Crippen LogP) is 0.0162. The quantitative estimate of drug-likeness (QED) is 0.293. The average molecular weight is 503 g/mol. The molecule has 0 bridgehead atoms. The molecule has 1 aliphatic carbocycles. The molecule has 2 heterocycles. The van der Waals surface area contributed by atoms with Crippen LogP contribution >= 0.6 is 0 Å². The number of carbonyl (C=O) groups excluding carboxylic acids is 1. The maximum Gasteiger partial charge on any atom is 0.335 e. The minimum absolute atomic E-state index is 0.0499. The van der Waals surface area contributed by atoms with Crippen molar-refractivity contribution in [2.75, 3.05) is 12.4 Å². The van der Waals surface area contributed by atoms with Crippen molar-refractivity contribution in [1.29, 1.82) is 0 Å². The fraction of sp³-hybridized carbons (Fsp3) is 0.364. The number of rotatable bonds is 9. The molecule has 13 heteroatoms. The van der Waals surface area contributed by atoms with Crippen molar-refractivity contribution in [2.24, 2.45) is 0 Å². The van der Waals surface area contributed by atoms with E-state index in [1.54, 1.807) is 10.7 Å². The molecule has 35 heavy (non-hydrogen) atoms. The van der Waals surface area contributed by atoms with Gasteiger partial charge in [0.25, 0.3) is 0 Å². The lowest BCUT2D eigenvalue weighted by molar-refractivity contribution is -0.00882. The lowest BCUT2D eigenvalue weighted by Crippen LogP contribution is -2.38. The van der Waals surface area contributed by atoms with Gasteiger partial charge >= 0.3 is 10.3 Å². The van der Waals surface area contributed by atoms with Gasteiger partial charge in [0, 0.05) is 25.4 Å². The molecular formula is C22H26N6O6S. The van der Waals surface area contributed by atoms with Gasteiger partial charge in [0.05, 0.1) is 18.2 Å². The fourth-order valence-corrected chi connectivity index (χ4v) is 4.51. The molecule has 0 amide bonds. The Kier molecular flexibility index (Phi) is 7.23. The Morgan fingerprint density at radius 2 is 1.97 bits per heavy atom. The number of carbonyl (C=O) groups is 1. The molecule has 0 saturated heterocycles. The summed E-state index contributed by atoms with van der Waals surface area (Å²) in [7, 11) is -2.91. The number of aromatic nitrogens is 4. The van der Waals surface area contributed by atoms with Crippen molar-refractivity contribution in [3.8, 4) is 0 Å². The summed E-state index contributed by atoms with van der Waals surface area (Å²) in [5.74, 6) is -0.310. The van der Waals surface area contributed by atoms with Gasteiger partial charge in [-0.05, 0) is 18.6 Å². The number of benzene rings is 1. The maximum absolute atomic E-state index is 13.3. The zero-order valence-corrected chi connectivity index (χ0v) is 19.9. The molecule has 1 aliphatic rings. The van der Waals surface area contributed by atoms with Crippen molar-refractivity contribution >= 4 is 21.9 Å². The number of hydrogen-bond donors (Lipinski definition) is 4. The molecule has 0 radical (unpaired) electrons. The van der Waals surface area contributed by atoms with Gasteiger partial charge in [0.1, 0.15) is 36.2 Å². The SMILES string of the molecule is CNS(=O)(=O)O[C@@H]1C[C@@H](Nc2ncncc2C(=O)c2cc(C)n(Cc3ccccc3)n2)[C@H](O)[C@H]1O. The van der Waals surface area contributed by atoms with Gasteiger partial charge in [-0.25, -0.2) is 9.97 Å². The van der Waals surface area contributed by atoms with Crippen LogP contribution in [0.3, 0.4) is 0 Å². The van der Waals surface area contributed by atoms with E-state index in [2.05, 4.69) is 20.4 Å². The normalized spacial score (nSPS) is 22.3. The molecule has 4 N–H and O–H groups in total. The minimum atomic E-state index is -4.08. The molecule has 12 nitrogen and oxygen atoms in total. The van der Waals surface area contributed by atoms with E-state index >= 15 is 0 Å². The number of anilines is 1. The summed E-state index contributed by atoms with van der Waals surface area (Å²) in [6.45, 7) is 2.35. The summed E-state index contributed by atoms with van der Waals surface area (Å²) in [5, 5.41) is 28.1. The van der Waals surface area contributed by atoms with Gasteiger partial charge in [-0.2, -0.15) is 18.2 Å². The molecule has 186 valence electrons. The first-order chi connectivity index (χ1) is 16.7. The highest BCUT2D eigenvalue weighted by Crippen LogP contribution is 2.28. The summed E-state index contributed by atoms with van der Waals surface area (Å²) in [6.07, 6.45) is -1.50. The predicted molar refractivity (Wildman–Crippen MR) is 125 cm³/mol. The van der Waals surface area contributed by atoms with Crippen LogP contribution in [0.15, 0.2) is 48.9 Å². The second kappa shape index (κ2) is 10.2. The highest BCUT2D eigenvalue weighted by atomic mass is 32.2. The molecule has 1 saturated carbocycles. The summed E-state index contributed by atoms with van der Waals surface area (Å²) in [5.41, 5.74) is 2.15. The molecule has 4 atom stereocenters. The van der Waals surface area contributed by atoms with Crippen LogP contribution in [0.4, 0.5) is 5.82 Å². The summed E-state index contributed by atoms with van der Waals surface area (Å²) < 4.78 is 32.0. The maximum atomic E-state index is 13.3. The molecular weight excluding hydrogens is 476 g/mol. The second-order valence-corrected chi connectivity index (χ2v) is 9.70. The van der Waals surface area contributed by atoms with E-state index in [1.807, 2.05) is 42.0 Å². The third-order valence-electron chi connectivity index (χ3n) is 5.80. The molecule has 0 unspecified atom stereocenters. The van der Waals surface area contributed by atoms with Crippen LogP contribution in [0, 0.1) is 6.92 Å². The average Bonchev–Trinajstić information content (AvgIpc) is 3.33. The third-order valence-corrected chi connectivity index (χ3v) is 6.80. The Morgan fingerprint density at radius 1 is 1.23 bits per heavy atom. The van der Waals surface area contributed by atoms with Crippen molar-refractivity contribution in [2.45, 2.75) is 44.2 Å². The number of aryl methyl sites for hydroxylation is 1. The zero-order valence-electron chi connectivity index (χ0n) is 19.1. The van der Waals surface area contributed by atoms with Crippen molar-refractivity contribution in [3.63, 3.8) is 0 Å². The fourth-order valence-electron chi connectivity index (χ4n) is 3.90. The van der Waals surface area contributed by atoms with Crippen molar-refractivity contribution < 1.29 is 27.6 Å². The number of ketones is 1. The summed E-state index contributed by atoms with van der Waals surface area (Å²) in [4.78, 5) is 21.3. The van der Waals surface area contributed by atoms with E-state index in [0.29, 0.717) is 6.54 Å². The zero-order chi connectivity index (χ0) is 25.2. The number of hydrogen-bond acceptors (Lipinski definition) is 10. The Bertz CT molecular complexity index is 1300. The highest BCUT2D eigenvalue weighted by molar-refractivity contribution is 7.84. The minimum Gasteiger partial charge on any atom is -0.388 e. The number of nitrogens with zero attached hydrogens (tertiary/aromatic N) is 4. The highest BCUT2D eigenvalue weighted by Gasteiger charge is 2.44. The molecule has 1 aromatic carbocycles. The Labute approximate surface area is 202 Å². The van der Waals surface area contributed by atoms with Gasteiger partial charge in [-0.1, -0.05) is 30.3 Å². The second-order valence-electron chi connectivity index (χ2n) is 8.19. The van der Waals surface area contributed by atoms with Gasteiger partial charge in [0.2, 0.25) is 5.78 Å². The number of nitrogens with one attached hydrogen (secondary N) is 2. The molecule has 1 fully saturated rings. The monoisotopic (exact) mass is 502 g/mol. The molecule has 0 spiro atoms. The van der Waals surface area contributed by atoms with E-state index < -0.39 is 40.4 Å². The van der Waals surface area contributed by atoms with Gasteiger partial charge in [-0.3, -0.25) is 13.7 Å². The molecule has 3 aromatic rings. The molecule has 2 aromatic heterocycles. The van der Waals surface area contributed by atoms with Crippen molar-refractivity contribution in [3.05, 3.63) is 71.4 Å². The van der Waals surface area contributed by atoms with Crippen LogP contribution < -0.4 is 10.0 Å². The van der Waals surface area contributed by atoms with E-state index in [9.17, 15) is 23.4 Å². The lowest BCUT2D eigenvalue weighted by atomic mass is 10.1. The Hall–Kier alpha value is -3.23. The Morgan fingerprint density at radius 3 is 2.69 bits per heavy atom. The standard InChI is InChI=1S/C22H26N6O6S/c1-13-8-17(27-28(13)11-14-6-4-3-5-7-14)19(29)15-10-24-12-25-22(15)26-16-9-18(21(31)20(16)30)34-35(32,33)23-2/h3-8,10,12,16,18,20-21,23,30-31H,9,11H2,1-2H3,(H,24,25,26)/t16-,18-,20+,21+/m1/s1. The molecule has 4 rings (SSSR count). The number of aliphatic hydroxyl groups is 2. The van der Waals surface area contributed by atoms with E-state index in [0.717, 1.165) is 11.3 Å². The van der Waals surface area contributed by atoms with Crippen LogP contribution in [-0.2, 0) is 21.0 Å². The van der Waals surface area contributed by atoms with E-state index in [1.165, 1.54) is 19.6 Å². The first-order valence-electron chi connectivity index (χ1n) is 10.9. The summed E-state index contributed by atoms with van der Waals surface area (Å²) >= 11 is 0. The van der Waals surface area contributed by atoms with Crippen molar-refractivity contribution in [1.82, 2.24) is 24.5 Å². The number of aliphatic hydroxyl groups excluding tert-OH is 2. The first-order valence-corrected chi connectivity index (χ1v) is 12.3. The van der Waals surface area contributed by atoms with E-state index in [-0.39, 0.29) is 23.5 Å². The van der Waals surface area contributed by atoms with E-state index in [4.69, 9.17) is 4.18 Å². The smallest absolute Gasteiger partial charge is 0.335 e. The van der Waals surface area contributed by atoms with Crippen LogP contribution in [0.25, 0.3) is 0 Å². The van der Waals surface area contributed by atoms with Crippen LogP contribution in [-0.4, -0.2) is 75.6 Å². The third kappa shape index (κ3) is 5.55. The summed E-state index contributed by atoms with van der Waals surface area (Å²) in [6, 6.07) is 10.6. The lowest BCUT2D eigenvalue weighted by Gasteiger charge is -2.19. The van der Waals surface area contributed by atoms with Crippen LogP contribution in [0.2, 0.25) is 0 Å². The van der Waals surface area contributed by atoms with Crippen LogP contribution in [0.5, 0.6) is 0 Å². The molecule has 0 aliphatic heterocycles. The first kappa shape index (κ1) is 24.9. The van der Waals surface area contributed by atoms with Gasteiger partial charge in [-0.15, -0.1) is 0 Å². The van der Waals surface area contributed by atoms with Crippen LogP contribution in [0.1, 0.15) is 33.7 Å². The van der Waals surface area contributed by atoms with Gasteiger partial charge < -0.3 is 15.5 Å². The topological polar surface area (TPSA) is 169 Å². The van der Waals surface area contributed by atoms with Gasteiger partial charge in [0.15, 0.2) is 0 Å². The largest absolute Gasteiger partial charge is 0.388 e. The Balaban J connectivity index is 1.53.